The van der Waals surface area contributed by atoms with Gasteiger partial charge in [-0.1, -0.05) is 18.2 Å². The van der Waals surface area contributed by atoms with E-state index in [0.29, 0.717) is 17.7 Å². The molecule has 0 aromatic heterocycles. The van der Waals surface area contributed by atoms with Gasteiger partial charge in [-0.05, 0) is 32.0 Å². The van der Waals surface area contributed by atoms with E-state index >= 15 is 0 Å². The van der Waals surface area contributed by atoms with Crippen molar-refractivity contribution in [3.63, 3.8) is 0 Å². The van der Waals surface area contributed by atoms with E-state index in [1.807, 2.05) is 6.92 Å². The number of halogens is 1. The van der Waals surface area contributed by atoms with Gasteiger partial charge in [0, 0.05) is 12.1 Å². The highest BCUT2D eigenvalue weighted by Crippen LogP contribution is 2.28. The van der Waals surface area contributed by atoms with Crippen molar-refractivity contribution in [3.8, 4) is 5.75 Å². The van der Waals surface area contributed by atoms with Gasteiger partial charge in [0.05, 0.1) is 0 Å². The number of aryl methyl sites for hydroxylation is 1. The number of nitrogens with one attached hydrogen (secondary N) is 1. The number of hydrogen-bond acceptors (Lipinski definition) is 2. The van der Waals surface area contributed by atoms with E-state index in [4.69, 9.17) is 0 Å². The zero-order chi connectivity index (χ0) is 11.4. The van der Waals surface area contributed by atoms with E-state index in [9.17, 15) is 9.50 Å². The first-order chi connectivity index (χ1) is 7.11. The van der Waals surface area contributed by atoms with Crippen LogP contribution >= 0.6 is 0 Å². The summed E-state index contributed by atoms with van der Waals surface area (Å²) in [5.41, 5.74) is 1.87. The first-order valence-electron chi connectivity index (χ1n) is 4.90. The Bertz CT molecular complexity index is 386. The van der Waals surface area contributed by atoms with E-state index < -0.39 is 5.82 Å². The van der Waals surface area contributed by atoms with Crippen LogP contribution in [0.2, 0.25) is 0 Å². The van der Waals surface area contributed by atoms with Crippen LogP contribution < -0.4 is 5.32 Å². The van der Waals surface area contributed by atoms with Crippen LogP contribution in [0.15, 0.2) is 12.1 Å². The molecule has 0 spiro atoms. The van der Waals surface area contributed by atoms with Crippen molar-refractivity contribution in [3.05, 3.63) is 34.6 Å². The predicted octanol–water partition coefficient (Wildman–Crippen LogP) is 2.59. The van der Waals surface area contributed by atoms with Gasteiger partial charge in [0.15, 0.2) is 11.6 Å². The zero-order valence-corrected chi connectivity index (χ0v) is 9.26. The number of allylic oxidation sites excluding steroid dienone is 1. The number of phenolic OH excluding ortho intramolecular Hbond substituents is 1. The molecule has 0 saturated heterocycles. The Labute approximate surface area is 89.4 Å². The fourth-order valence-corrected chi connectivity index (χ4v) is 1.53. The standard InChI is InChI=1S/C12H16FNO/c1-4-5-10-9(7-14-3)6-8(2)12(15)11(10)13/h4-6,14-15H,7H2,1-3H3/b5-4+. The lowest BCUT2D eigenvalue weighted by Crippen LogP contribution is -2.08. The number of phenols is 1. The lowest BCUT2D eigenvalue weighted by Gasteiger charge is -2.10. The maximum Gasteiger partial charge on any atom is 0.172 e. The third kappa shape index (κ3) is 2.36. The quantitative estimate of drug-likeness (QED) is 0.802. The molecule has 0 atom stereocenters. The molecule has 0 aliphatic rings. The van der Waals surface area contributed by atoms with Gasteiger partial charge in [-0.15, -0.1) is 0 Å². The Balaban J connectivity index is 3.36. The number of aromatic hydroxyl groups is 1. The highest BCUT2D eigenvalue weighted by Gasteiger charge is 2.12. The van der Waals surface area contributed by atoms with Crippen LogP contribution in [-0.4, -0.2) is 12.2 Å². The van der Waals surface area contributed by atoms with Crippen molar-refractivity contribution in [2.24, 2.45) is 0 Å². The summed E-state index contributed by atoms with van der Waals surface area (Å²) >= 11 is 0. The molecule has 2 N–H and O–H groups in total. The summed E-state index contributed by atoms with van der Waals surface area (Å²) in [6.45, 7) is 4.09. The lowest BCUT2D eigenvalue weighted by molar-refractivity contribution is 0.427. The minimum atomic E-state index is -0.543. The largest absolute Gasteiger partial charge is 0.505 e. The maximum absolute atomic E-state index is 13.7. The van der Waals surface area contributed by atoms with Crippen molar-refractivity contribution in [2.45, 2.75) is 20.4 Å². The summed E-state index contributed by atoms with van der Waals surface area (Å²) < 4.78 is 13.7. The van der Waals surface area contributed by atoms with E-state index in [1.54, 1.807) is 32.2 Å². The molecular formula is C12H16FNO. The molecule has 1 rings (SSSR count). The van der Waals surface area contributed by atoms with Gasteiger partial charge in [0.2, 0.25) is 0 Å². The van der Waals surface area contributed by atoms with Gasteiger partial charge in [0.1, 0.15) is 0 Å². The van der Waals surface area contributed by atoms with Gasteiger partial charge in [-0.3, -0.25) is 0 Å². The van der Waals surface area contributed by atoms with Crippen LogP contribution in [0.3, 0.4) is 0 Å². The molecule has 1 aromatic rings. The molecule has 0 saturated carbocycles. The molecule has 2 nitrogen and oxygen atoms in total. The Hall–Kier alpha value is -1.35. The van der Waals surface area contributed by atoms with Crippen LogP contribution in [0, 0.1) is 12.7 Å². The Morgan fingerprint density at radius 2 is 2.20 bits per heavy atom. The SMILES string of the molecule is C/C=C/c1c(CNC)cc(C)c(O)c1F. The zero-order valence-electron chi connectivity index (χ0n) is 9.26. The van der Waals surface area contributed by atoms with Crippen LogP contribution in [0.1, 0.15) is 23.6 Å². The predicted molar refractivity (Wildman–Crippen MR) is 60.3 cm³/mol. The van der Waals surface area contributed by atoms with Crippen LogP contribution in [-0.2, 0) is 6.54 Å². The molecule has 0 bridgehead atoms. The minimum absolute atomic E-state index is 0.261. The molecule has 0 aliphatic carbocycles. The molecule has 0 aliphatic heterocycles. The average Bonchev–Trinajstić information content (AvgIpc) is 2.21. The van der Waals surface area contributed by atoms with Gasteiger partial charge in [0.25, 0.3) is 0 Å². The summed E-state index contributed by atoms with van der Waals surface area (Å²) in [4.78, 5) is 0. The number of benzene rings is 1. The normalized spacial score (nSPS) is 11.2. The summed E-state index contributed by atoms with van der Waals surface area (Å²) in [6.07, 6.45) is 3.42. The van der Waals surface area contributed by atoms with Crippen molar-refractivity contribution < 1.29 is 9.50 Å². The molecule has 0 heterocycles. The highest BCUT2D eigenvalue weighted by atomic mass is 19.1. The van der Waals surface area contributed by atoms with E-state index in [0.717, 1.165) is 5.56 Å². The average molecular weight is 209 g/mol. The monoisotopic (exact) mass is 209 g/mol. The van der Waals surface area contributed by atoms with Crippen LogP contribution in [0.25, 0.3) is 6.08 Å². The van der Waals surface area contributed by atoms with E-state index in [1.165, 1.54) is 0 Å². The van der Waals surface area contributed by atoms with Crippen LogP contribution in [0.4, 0.5) is 4.39 Å². The van der Waals surface area contributed by atoms with E-state index in [-0.39, 0.29) is 5.75 Å². The topological polar surface area (TPSA) is 32.3 Å². The summed E-state index contributed by atoms with van der Waals surface area (Å²) in [7, 11) is 1.81. The summed E-state index contributed by atoms with van der Waals surface area (Å²) in [6, 6.07) is 1.80. The number of hydrogen-bond donors (Lipinski definition) is 2. The van der Waals surface area contributed by atoms with Crippen molar-refractivity contribution in [2.75, 3.05) is 7.05 Å². The molecule has 3 heteroatoms. The molecule has 82 valence electrons. The highest BCUT2D eigenvalue weighted by molar-refractivity contribution is 5.59. The second-order valence-electron chi connectivity index (χ2n) is 3.46. The molecule has 1 aromatic carbocycles. The second kappa shape index (κ2) is 4.94. The smallest absolute Gasteiger partial charge is 0.172 e. The molecule has 0 radical (unpaired) electrons. The number of rotatable bonds is 3. The Morgan fingerprint density at radius 1 is 1.53 bits per heavy atom. The molecular weight excluding hydrogens is 193 g/mol. The van der Waals surface area contributed by atoms with Crippen LogP contribution in [0.5, 0.6) is 5.75 Å². The Morgan fingerprint density at radius 3 is 2.73 bits per heavy atom. The third-order valence-electron chi connectivity index (χ3n) is 2.26. The summed E-state index contributed by atoms with van der Waals surface area (Å²) in [5, 5.41) is 12.5. The molecule has 0 unspecified atom stereocenters. The molecule has 0 amide bonds. The Kier molecular flexibility index (Phi) is 3.86. The van der Waals surface area contributed by atoms with Gasteiger partial charge in [-0.2, -0.15) is 0 Å². The lowest BCUT2D eigenvalue weighted by atomic mass is 10.0. The maximum atomic E-state index is 13.7. The molecule has 0 fully saturated rings. The second-order valence-corrected chi connectivity index (χ2v) is 3.46. The van der Waals surface area contributed by atoms with Crippen molar-refractivity contribution in [1.29, 1.82) is 0 Å². The third-order valence-corrected chi connectivity index (χ3v) is 2.26. The van der Waals surface area contributed by atoms with Gasteiger partial charge >= 0.3 is 0 Å². The van der Waals surface area contributed by atoms with Gasteiger partial charge in [-0.25, -0.2) is 4.39 Å². The van der Waals surface area contributed by atoms with Gasteiger partial charge < -0.3 is 10.4 Å². The van der Waals surface area contributed by atoms with Crippen molar-refractivity contribution >= 4 is 6.08 Å². The summed E-state index contributed by atoms with van der Waals surface area (Å²) in [5.74, 6) is -0.804. The molecule has 15 heavy (non-hydrogen) atoms. The first-order valence-corrected chi connectivity index (χ1v) is 4.90. The first kappa shape index (κ1) is 11.7. The van der Waals surface area contributed by atoms with E-state index in [2.05, 4.69) is 5.32 Å². The van der Waals surface area contributed by atoms with Crippen molar-refractivity contribution in [1.82, 2.24) is 5.32 Å². The minimum Gasteiger partial charge on any atom is -0.505 e. The fourth-order valence-electron chi connectivity index (χ4n) is 1.53. The fraction of sp³-hybridized carbons (Fsp3) is 0.333.